The van der Waals surface area contributed by atoms with Gasteiger partial charge in [-0.2, -0.15) is 0 Å². The molecule has 0 aromatic heterocycles. The van der Waals surface area contributed by atoms with E-state index in [1.54, 1.807) is 25.1 Å². The molecule has 1 N–H and O–H groups in total. The predicted molar refractivity (Wildman–Crippen MR) is 105 cm³/mol. The summed E-state index contributed by atoms with van der Waals surface area (Å²) in [5.41, 5.74) is 1.64. The number of amides is 1. The number of anilines is 1. The number of nitro groups is 1. The molecule has 0 heterocycles. The van der Waals surface area contributed by atoms with Gasteiger partial charge in [-0.05, 0) is 30.7 Å². The lowest BCUT2D eigenvalue weighted by Crippen LogP contribution is -2.14. The lowest BCUT2D eigenvalue weighted by atomic mass is 10.2. The van der Waals surface area contributed by atoms with Gasteiger partial charge in [0.05, 0.1) is 27.9 Å². The van der Waals surface area contributed by atoms with Crippen LogP contribution in [0.2, 0.25) is 5.02 Å². The van der Waals surface area contributed by atoms with E-state index in [1.807, 2.05) is 0 Å². The number of hydrogen-bond acceptors (Lipinski definition) is 6. The van der Waals surface area contributed by atoms with Gasteiger partial charge in [0.2, 0.25) is 5.91 Å². The molecule has 2 aromatic carbocycles. The van der Waals surface area contributed by atoms with Crippen LogP contribution in [0.15, 0.2) is 42.5 Å². The molecule has 0 saturated heterocycles. The Morgan fingerprint density at radius 3 is 2.52 bits per heavy atom. The van der Waals surface area contributed by atoms with E-state index in [0.29, 0.717) is 11.4 Å². The first-order chi connectivity index (χ1) is 12.9. The van der Waals surface area contributed by atoms with E-state index >= 15 is 0 Å². The van der Waals surface area contributed by atoms with Crippen LogP contribution in [0.3, 0.4) is 0 Å². The van der Waals surface area contributed by atoms with Gasteiger partial charge in [0, 0.05) is 23.6 Å². The van der Waals surface area contributed by atoms with Crippen molar-refractivity contribution in [1.82, 2.24) is 0 Å². The molecule has 27 heavy (non-hydrogen) atoms. The Labute approximate surface area is 165 Å². The van der Waals surface area contributed by atoms with E-state index in [9.17, 15) is 19.7 Å². The molecule has 7 nitrogen and oxygen atoms in total. The van der Waals surface area contributed by atoms with Crippen molar-refractivity contribution in [2.24, 2.45) is 0 Å². The summed E-state index contributed by atoms with van der Waals surface area (Å²) < 4.78 is 4.89. The minimum Gasteiger partial charge on any atom is -0.462 e. The minimum absolute atomic E-state index is 0.0321. The second-order valence-corrected chi connectivity index (χ2v) is 6.77. The maximum atomic E-state index is 12.0. The summed E-state index contributed by atoms with van der Waals surface area (Å²) in [5.74, 6) is 0.0169. The second-order valence-electron chi connectivity index (χ2n) is 5.38. The van der Waals surface area contributed by atoms with Crippen molar-refractivity contribution in [3.05, 3.63) is 68.7 Å². The summed E-state index contributed by atoms with van der Waals surface area (Å²) >= 11 is 7.44. The minimum atomic E-state index is -0.515. The lowest BCUT2D eigenvalue weighted by molar-refractivity contribution is -0.384. The van der Waals surface area contributed by atoms with E-state index in [2.05, 4.69) is 5.32 Å². The molecule has 0 aliphatic carbocycles. The van der Waals surface area contributed by atoms with Crippen LogP contribution in [0.5, 0.6) is 0 Å². The number of nitro benzene ring substituents is 1. The number of ether oxygens (including phenoxy) is 1. The van der Waals surface area contributed by atoms with Crippen molar-refractivity contribution in [1.29, 1.82) is 0 Å². The summed E-state index contributed by atoms with van der Waals surface area (Å²) in [7, 11) is 0. The monoisotopic (exact) mass is 408 g/mol. The van der Waals surface area contributed by atoms with E-state index < -0.39 is 10.9 Å². The van der Waals surface area contributed by atoms with Crippen molar-refractivity contribution in [3.8, 4) is 0 Å². The SMILES string of the molecule is CCOC(=O)c1ccc(NC(=O)CSCc2ccc([N+](=O)[O-])cc2)cc1Cl. The van der Waals surface area contributed by atoms with Gasteiger partial charge in [0.1, 0.15) is 0 Å². The highest BCUT2D eigenvalue weighted by Gasteiger charge is 2.13. The molecule has 0 saturated carbocycles. The van der Waals surface area contributed by atoms with Crippen molar-refractivity contribution in [2.45, 2.75) is 12.7 Å². The van der Waals surface area contributed by atoms with Gasteiger partial charge in [0.25, 0.3) is 5.69 Å². The Hall–Kier alpha value is -2.58. The van der Waals surface area contributed by atoms with Crippen LogP contribution in [0, 0.1) is 10.1 Å². The maximum absolute atomic E-state index is 12.0. The number of carbonyl (C=O) groups is 2. The highest BCUT2D eigenvalue weighted by atomic mass is 35.5. The molecule has 0 spiro atoms. The van der Waals surface area contributed by atoms with Gasteiger partial charge >= 0.3 is 5.97 Å². The fourth-order valence-electron chi connectivity index (χ4n) is 2.14. The zero-order valence-electron chi connectivity index (χ0n) is 14.4. The third-order valence-electron chi connectivity index (χ3n) is 3.40. The van der Waals surface area contributed by atoms with Crippen molar-refractivity contribution in [2.75, 3.05) is 17.7 Å². The first kappa shape index (κ1) is 20.7. The summed E-state index contributed by atoms with van der Waals surface area (Å²) in [6.07, 6.45) is 0. The second kappa shape index (κ2) is 9.94. The van der Waals surface area contributed by atoms with Crippen LogP contribution in [-0.4, -0.2) is 29.2 Å². The number of thioether (sulfide) groups is 1. The average molecular weight is 409 g/mol. The van der Waals surface area contributed by atoms with Gasteiger partial charge in [-0.1, -0.05) is 23.7 Å². The van der Waals surface area contributed by atoms with Crippen LogP contribution in [-0.2, 0) is 15.3 Å². The van der Waals surface area contributed by atoms with Crippen LogP contribution in [0.25, 0.3) is 0 Å². The summed E-state index contributed by atoms with van der Waals surface area (Å²) in [4.78, 5) is 33.9. The Morgan fingerprint density at radius 2 is 1.93 bits per heavy atom. The van der Waals surface area contributed by atoms with Crippen LogP contribution >= 0.6 is 23.4 Å². The molecular weight excluding hydrogens is 392 g/mol. The number of benzene rings is 2. The van der Waals surface area contributed by atoms with Crippen molar-refractivity contribution in [3.63, 3.8) is 0 Å². The number of carbonyl (C=O) groups excluding carboxylic acids is 2. The first-order valence-electron chi connectivity index (χ1n) is 7.98. The average Bonchev–Trinajstić information content (AvgIpc) is 2.62. The Bertz CT molecular complexity index is 842. The van der Waals surface area contributed by atoms with Crippen LogP contribution < -0.4 is 5.32 Å². The van der Waals surface area contributed by atoms with Gasteiger partial charge in [-0.3, -0.25) is 14.9 Å². The predicted octanol–water partition coefficient (Wildman–Crippen LogP) is 4.30. The first-order valence-corrected chi connectivity index (χ1v) is 9.51. The van der Waals surface area contributed by atoms with Crippen molar-refractivity contribution < 1.29 is 19.2 Å². The maximum Gasteiger partial charge on any atom is 0.339 e. The molecule has 2 rings (SSSR count). The van der Waals surface area contributed by atoms with Crippen LogP contribution in [0.1, 0.15) is 22.8 Å². The topological polar surface area (TPSA) is 98.5 Å². The van der Waals surface area contributed by atoms with Crippen LogP contribution in [0.4, 0.5) is 11.4 Å². The van der Waals surface area contributed by atoms with Crippen molar-refractivity contribution >= 4 is 46.6 Å². The standard InChI is InChI=1S/C18H17ClN2O5S/c1-2-26-18(23)15-8-5-13(9-16(15)19)20-17(22)11-27-10-12-3-6-14(7-4-12)21(24)25/h3-9H,2,10-11H2,1H3,(H,20,22). The molecule has 0 fully saturated rings. The molecule has 2 aromatic rings. The fraction of sp³-hybridized carbons (Fsp3) is 0.222. The Morgan fingerprint density at radius 1 is 1.22 bits per heavy atom. The molecule has 9 heteroatoms. The number of non-ortho nitro benzene ring substituents is 1. The quantitative estimate of drug-likeness (QED) is 0.397. The molecule has 1 amide bonds. The molecule has 142 valence electrons. The molecule has 0 aliphatic heterocycles. The van der Waals surface area contributed by atoms with E-state index in [0.717, 1.165) is 5.56 Å². The zero-order valence-corrected chi connectivity index (χ0v) is 16.0. The van der Waals surface area contributed by atoms with Gasteiger partial charge in [-0.25, -0.2) is 4.79 Å². The molecule has 0 radical (unpaired) electrons. The lowest BCUT2D eigenvalue weighted by Gasteiger charge is -2.08. The number of nitrogens with zero attached hydrogens (tertiary/aromatic N) is 1. The van der Waals surface area contributed by atoms with E-state index in [-0.39, 0.29) is 34.5 Å². The largest absolute Gasteiger partial charge is 0.462 e. The Kier molecular flexibility index (Phi) is 7.63. The van der Waals surface area contributed by atoms with Gasteiger partial charge < -0.3 is 10.1 Å². The van der Waals surface area contributed by atoms with Gasteiger partial charge in [-0.15, -0.1) is 11.8 Å². The molecule has 0 unspecified atom stereocenters. The summed E-state index contributed by atoms with van der Waals surface area (Å²) in [5, 5.41) is 13.5. The number of esters is 1. The summed E-state index contributed by atoms with van der Waals surface area (Å²) in [6.45, 7) is 1.95. The normalized spacial score (nSPS) is 10.3. The highest BCUT2D eigenvalue weighted by Crippen LogP contribution is 2.22. The molecule has 0 bridgehead atoms. The van der Waals surface area contributed by atoms with E-state index in [1.165, 1.54) is 36.0 Å². The van der Waals surface area contributed by atoms with Gasteiger partial charge in [0.15, 0.2) is 0 Å². The third-order valence-corrected chi connectivity index (χ3v) is 4.71. The molecular formula is C18H17ClN2O5S. The van der Waals surface area contributed by atoms with E-state index in [4.69, 9.17) is 16.3 Å². The molecule has 0 atom stereocenters. The number of hydrogen-bond donors (Lipinski definition) is 1. The highest BCUT2D eigenvalue weighted by molar-refractivity contribution is 7.99. The summed E-state index contributed by atoms with van der Waals surface area (Å²) in [6, 6.07) is 10.8. The fourth-order valence-corrected chi connectivity index (χ4v) is 3.19. The number of rotatable bonds is 8. The Balaban J connectivity index is 1.84. The molecule has 0 aliphatic rings. The third kappa shape index (κ3) is 6.26. The number of nitrogens with one attached hydrogen (secondary N) is 1. The smallest absolute Gasteiger partial charge is 0.339 e. The zero-order chi connectivity index (χ0) is 19.8. The number of halogens is 1.